The van der Waals surface area contributed by atoms with Gasteiger partial charge in [0.1, 0.15) is 16.2 Å². The number of thioether (sulfide) groups is 1. The maximum absolute atomic E-state index is 12.6. The quantitative estimate of drug-likeness (QED) is 0.269. The van der Waals surface area contributed by atoms with Gasteiger partial charge < -0.3 is 5.32 Å². The number of hydrogen-bond acceptors (Lipinski definition) is 7. The van der Waals surface area contributed by atoms with Crippen LogP contribution in [0.15, 0.2) is 29.6 Å². The molecule has 0 radical (unpaired) electrons. The number of aromatic nitrogens is 2. The molecule has 0 saturated carbocycles. The maximum Gasteiger partial charge on any atom is 0.271 e. The van der Waals surface area contributed by atoms with E-state index >= 15 is 0 Å². The molecule has 0 spiro atoms. The SMILES string of the molecule is Cc1sc2ncnc(S[C@H](C)C(=O)Nc3cc([N+](=O)[O-])ccc3Cl)c2c1C. The Bertz CT molecular complexity index is 1050. The number of rotatable bonds is 5. The molecule has 0 unspecified atom stereocenters. The van der Waals surface area contributed by atoms with Crippen LogP contribution in [-0.4, -0.2) is 26.0 Å². The highest BCUT2D eigenvalue weighted by molar-refractivity contribution is 8.00. The van der Waals surface area contributed by atoms with Crippen molar-refractivity contribution in [2.45, 2.75) is 31.0 Å². The Kier molecular flexibility index (Phi) is 5.64. The molecule has 10 heteroatoms. The molecule has 3 rings (SSSR count). The summed E-state index contributed by atoms with van der Waals surface area (Å²) < 4.78 is 0. The van der Waals surface area contributed by atoms with Gasteiger partial charge in [-0.1, -0.05) is 23.4 Å². The van der Waals surface area contributed by atoms with Crippen molar-refractivity contribution >= 4 is 62.2 Å². The number of nitro benzene ring substituents is 1. The summed E-state index contributed by atoms with van der Waals surface area (Å²) >= 11 is 8.95. The van der Waals surface area contributed by atoms with Crippen molar-refractivity contribution in [2.24, 2.45) is 0 Å². The number of hydrogen-bond donors (Lipinski definition) is 1. The predicted molar refractivity (Wildman–Crippen MR) is 109 cm³/mol. The van der Waals surface area contributed by atoms with Crippen LogP contribution in [0, 0.1) is 24.0 Å². The molecule has 7 nitrogen and oxygen atoms in total. The highest BCUT2D eigenvalue weighted by Crippen LogP contribution is 2.36. The lowest BCUT2D eigenvalue weighted by Gasteiger charge is -2.13. The van der Waals surface area contributed by atoms with Gasteiger partial charge in [0.15, 0.2) is 0 Å². The van der Waals surface area contributed by atoms with E-state index in [4.69, 9.17) is 11.6 Å². The Hall–Kier alpha value is -2.23. The second-order valence-electron chi connectivity index (χ2n) is 5.81. The van der Waals surface area contributed by atoms with Crippen molar-refractivity contribution in [1.82, 2.24) is 9.97 Å². The number of nitrogens with one attached hydrogen (secondary N) is 1. The number of carbonyl (C=O) groups excluding carboxylic acids is 1. The molecule has 27 heavy (non-hydrogen) atoms. The summed E-state index contributed by atoms with van der Waals surface area (Å²) in [4.78, 5) is 33.6. The zero-order valence-electron chi connectivity index (χ0n) is 14.6. The van der Waals surface area contributed by atoms with Gasteiger partial charge in [-0.05, 0) is 32.4 Å². The monoisotopic (exact) mass is 422 g/mol. The number of halogens is 1. The molecule has 1 N–H and O–H groups in total. The predicted octanol–water partition coefficient (Wildman–Crippen LogP) is 4.99. The zero-order valence-corrected chi connectivity index (χ0v) is 17.0. The van der Waals surface area contributed by atoms with Gasteiger partial charge in [0.05, 0.1) is 20.9 Å². The van der Waals surface area contributed by atoms with E-state index in [1.807, 2.05) is 13.8 Å². The lowest BCUT2D eigenvalue weighted by molar-refractivity contribution is -0.384. The van der Waals surface area contributed by atoms with E-state index in [9.17, 15) is 14.9 Å². The molecule has 0 aliphatic carbocycles. The first kappa shape index (κ1) is 19.5. The van der Waals surface area contributed by atoms with Crippen molar-refractivity contribution in [3.8, 4) is 0 Å². The number of nitrogens with zero attached hydrogens (tertiary/aromatic N) is 3. The van der Waals surface area contributed by atoms with Crippen LogP contribution in [0.2, 0.25) is 5.02 Å². The maximum atomic E-state index is 12.6. The Morgan fingerprint density at radius 1 is 1.37 bits per heavy atom. The van der Waals surface area contributed by atoms with Crippen LogP contribution >= 0.6 is 34.7 Å². The largest absolute Gasteiger partial charge is 0.324 e. The van der Waals surface area contributed by atoms with Gasteiger partial charge in [0, 0.05) is 22.4 Å². The van der Waals surface area contributed by atoms with Gasteiger partial charge in [-0.2, -0.15) is 0 Å². The molecule has 0 bridgehead atoms. The molecule has 0 saturated heterocycles. The van der Waals surface area contributed by atoms with E-state index in [0.29, 0.717) is 0 Å². The minimum Gasteiger partial charge on any atom is -0.324 e. The summed E-state index contributed by atoms with van der Waals surface area (Å²) in [6.45, 7) is 5.78. The number of nitro groups is 1. The van der Waals surface area contributed by atoms with E-state index in [0.717, 1.165) is 25.7 Å². The Balaban J connectivity index is 1.81. The first-order chi connectivity index (χ1) is 12.8. The van der Waals surface area contributed by atoms with Crippen LogP contribution in [0.3, 0.4) is 0 Å². The summed E-state index contributed by atoms with van der Waals surface area (Å²) in [5, 5.41) is 15.0. The van der Waals surface area contributed by atoms with Gasteiger partial charge in [-0.15, -0.1) is 11.3 Å². The minimum atomic E-state index is -0.538. The van der Waals surface area contributed by atoms with Crippen LogP contribution in [0.25, 0.3) is 10.2 Å². The molecule has 3 aromatic rings. The van der Waals surface area contributed by atoms with E-state index < -0.39 is 10.2 Å². The molecule has 2 heterocycles. The van der Waals surface area contributed by atoms with E-state index in [1.165, 1.54) is 36.3 Å². The summed E-state index contributed by atoms with van der Waals surface area (Å²) in [7, 11) is 0. The molecule has 1 atom stereocenters. The normalized spacial score (nSPS) is 12.1. The molecule has 1 aromatic carbocycles. The van der Waals surface area contributed by atoms with Gasteiger partial charge >= 0.3 is 0 Å². The first-order valence-electron chi connectivity index (χ1n) is 7.90. The van der Waals surface area contributed by atoms with Crippen molar-refractivity contribution in [3.05, 3.63) is 50.1 Å². The molecular weight excluding hydrogens is 408 g/mol. The number of non-ortho nitro benzene ring substituents is 1. The molecule has 140 valence electrons. The van der Waals surface area contributed by atoms with Gasteiger partial charge in [0.2, 0.25) is 5.91 Å². The van der Waals surface area contributed by atoms with Crippen molar-refractivity contribution < 1.29 is 9.72 Å². The number of amides is 1. The third-order valence-corrected chi connectivity index (χ3v) is 6.55. The van der Waals surface area contributed by atoms with Gasteiger partial charge in [0.25, 0.3) is 5.69 Å². The summed E-state index contributed by atoms with van der Waals surface area (Å²) in [6, 6.07) is 3.92. The molecule has 0 aliphatic rings. The number of thiophene rings is 1. The van der Waals surface area contributed by atoms with Crippen LogP contribution in [0.5, 0.6) is 0 Å². The number of fused-ring (bicyclic) bond motifs is 1. The van der Waals surface area contributed by atoms with E-state index in [-0.39, 0.29) is 22.3 Å². The summed E-state index contributed by atoms with van der Waals surface area (Å²) in [6.07, 6.45) is 1.49. The minimum absolute atomic E-state index is 0.142. The van der Waals surface area contributed by atoms with Gasteiger partial charge in [-0.3, -0.25) is 14.9 Å². The molecular formula is C17H15ClN4O3S2. The number of benzene rings is 1. The zero-order chi connectivity index (χ0) is 19.7. The Morgan fingerprint density at radius 3 is 2.81 bits per heavy atom. The van der Waals surface area contributed by atoms with Crippen LogP contribution in [-0.2, 0) is 4.79 Å². The van der Waals surface area contributed by atoms with E-state index in [2.05, 4.69) is 15.3 Å². The lowest BCUT2D eigenvalue weighted by atomic mass is 10.2. The summed E-state index contributed by atoms with van der Waals surface area (Å²) in [5.74, 6) is -0.321. The van der Waals surface area contributed by atoms with Gasteiger partial charge in [-0.25, -0.2) is 9.97 Å². The summed E-state index contributed by atoms with van der Waals surface area (Å²) in [5.41, 5.74) is 1.17. The number of anilines is 1. The van der Waals surface area contributed by atoms with Crippen molar-refractivity contribution in [1.29, 1.82) is 0 Å². The van der Waals surface area contributed by atoms with Crippen molar-refractivity contribution in [2.75, 3.05) is 5.32 Å². The number of carbonyl (C=O) groups is 1. The highest BCUT2D eigenvalue weighted by Gasteiger charge is 2.21. The topological polar surface area (TPSA) is 98.0 Å². The van der Waals surface area contributed by atoms with Crippen LogP contribution in [0.4, 0.5) is 11.4 Å². The Morgan fingerprint density at radius 2 is 2.11 bits per heavy atom. The number of aryl methyl sites for hydroxylation is 2. The Labute approximate surface area is 168 Å². The molecule has 1 amide bonds. The second kappa shape index (κ2) is 7.79. The first-order valence-corrected chi connectivity index (χ1v) is 9.97. The molecule has 2 aromatic heterocycles. The fourth-order valence-electron chi connectivity index (χ4n) is 2.42. The van der Waals surface area contributed by atoms with Crippen LogP contribution in [0.1, 0.15) is 17.4 Å². The highest BCUT2D eigenvalue weighted by atomic mass is 35.5. The smallest absolute Gasteiger partial charge is 0.271 e. The fourth-order valence-corrected chi connectivity index (χ4v) is 4.62. The van der Waals surface area contributed by atoms with E-state index in [1.54, 1.807) is 18.3 Å². The third kappa shape index (κ3) is 4.05. The lowest BCUT2D eigenvalue weighted by Crippen LogP contribution is -2.22. The molecule has 0 aliphatic heterocycles. The average molecular weight is 423 g/mol. The van der Waals surface area contributed by atoms with Crippen molar-refractivity contribution in [3.63, 3.8) is 0 Å². The standard InChI is InChI=1S/C17H15ClN4O3S2/c1-8-9(2)26-16-14(8)17(20-7-19-16)27-10(3)15(23)21-13-6-11(22(24)25)4-5-12(13)18/h4-7,10H,1-3H3,(H,21,23)/t10-/m1/s1. The third-order valence-electron chi connectivity index (χ3n) is 4.01. The van der Waals surface area contributed by atoms with Crippen LogP contribution < -0.4 is 5.32 Å². The second-order valence-corrected chi connectivity index (χ2v) is 8.75. The average Bonchev–Trinajstić information content (AvgIpc) is 2.91. The fraction of sp³-hybridized carbons (Fsp3) is 0.235. The molecule has 0 fully saturated rings.